The smallest absolute Gasteiger partial charge is 0.271 e. The molecule has 3 aromatic rings. The maximum atomic E-state index is 13.0. The minimum absolute atomic E-state index is 0.138. The molecule has 1 aliphatic rings. The number of ether oxygens (including phenoxy) is 2. The number of non-ortho nitro benzene ring substituents is 1. The van der Waals surface area contributed by atoms with Gasteiger partial charge in [0.2, 0.25) is 0 Å². The van der Waals surface area contributed by atoms with Gasteiger partial charge in [-0.2, -0.15) is 0 Å². The largest absolute Gasteiger partial charge is 0.493 e. The molecule has 1 fully saturated rings. The van der Waals surface area contributed by atoms with Crippen LogP contribution in [0.4, 0.5) is 17.1 Å². The highest BCUT2D eigenvalue weighted by atomic mass is 35.5. The zero-order valence-corrected chi connectivity index (χ0v) is 21.6. The van der Waals surface area contributed by atoms with Gasteiger partial charge in [0, 0.05) is 22.8 Å². The Kier molecular flexibility index (Phi) is 8.07. The highest BCUT2D eigenvalue weighted by Gasteiger charge is 2.33. The van der Waals surface area contributed by atoms with Crippen LogP contribution in [0.15, 0.2) is 71.6 Å². The highest BCUT2D eigenvalue weighted by Crippen LogP contribution is 2.37. The van der Waals surface area contributed by atoms with Gasteiger partial charge in [-0.15, -0.1) is 0 Å². The third-order valence-corrected chi connectivity index (χ3v) is 6.58. The topological polar surface area (TPSA) is 111 Å². The molecule has 0 atom stereocenters. The van der Waals surface area contributed by atoms with Gasteiger partial charge in [-0.05, 0) is 48.0 Å². The van der Waals surface area contributed by atoms with Gasteiger partial charge in [-0.25, -0.2) is 0 Å². The van der Waals surface area contributed by atoms with Crippen molar-refractivity contribution in [2.75, 3.05) is 23.9 Å². The molecule has 188 valence electrons. The SMILES string of the molecule is COc1cc(/C=C2/SC(=S)N(c3cccc(Cl)c3)C2=O)ccc1OCC(=O)Nc1cccc([N+](=O)[O-])c1. The van der Waals surface area contributed by atoms with Gasteiger partial charge in [0.05, 0.1) is 22.6 Å². The Balaban J connectivity index is 1.44. The number of hydrogen-bond donors (Lipinski definition) is 1. The second kappa shape index (κ2) is 11.4. The molecule has 4 rings (SSSR count). The fraction of sp³-hybridized carbons (Fsp3) is 0.0800. The van der Waals surface area contributed by atoms with Crippen LogP contribution >= 0.6 is 35.6 Å². The van der Waals surface area contributed by atoms with Crippen LogP contribution in [0.1, 0.15) is 5.56 Å². The number of nitrogens with one attached hydrogen (secondary N) is 1. The number of benzene rings is 3. The number of methoxy groups -OCH3 is 1. The van der Waals surface area contributed by atoms with E-state index < -0.39 is 10.8 Å². The van der Waals surface area contributed by atoms with E-state index in [2.05, 4.69) is 5.32 Å². The first-order valence-corrected chi connectivity index (χ1v) is 12.2. The van der Waals surface area contributed by atoms with Gasteiger partial charge in [-0.1, -0.05) is 53.8 Å². The molecule has 1 N–H and O–H groups in total. The van der Waals surface area contributed by atoms with Gasteiger partial charge < -0.3 is 14.8 Å². The van der Waals surface area contributed by atoms with Crippen LogP contribution in [-0.2, 0) is 9.59 Å². The molecule has 9 nitrogen and oxygen atoms in total. The summed E-state index contributed by atoms with van der Waals surface area (Å²) in [7, 11) is 1.45. The van der Waals surface area contributed by atoms with Crippen molar-refractivity contribution in [2.45, 2.75) is 0 Å². The molecule has 2 amide bonds. The lowest BCUT2D eigenvalue weighted by atomic mass is 10.2. The molecule has 0 radical (unpaired) electrons. The summed E-state index contributed by atoms with van der Waals surface area (Å²) in [6.45, 7) is -0.351. The van der Waals surface area contributed by atoms with Crippen molar-refractivity contribution in [2.24, 2.45) is 0 Å². The molecule has 0 spiro atoms. The number of anilines is 2. The zero-order valence-electron chi connectivity index (χ0n) is 19.2. The number of thioether (sulfide) groups is 1. The molecule has 1 heterocycles. The number of thiocarbonyl (C=S) groups is 1. The molecular formula is C25H18ClN3O6S2. The second-order valence-electron chi connectivity index (χ2n) is 7.55. The summed E-state index contributed by atoms with van der Waals surface area (Å²) >= 11 is 12.6. The van der Waals surface area contributed by atoms with Crippen LogP contribution in [0.5, 0.6) is 11.5 Å². The van der Waals surface area contributed by atoms with Crippen molar-refractivity contribution in [3.8, 4) is 11.5 Å². The number of rotatable bonds is 8. The first kappa shape index (κ1) is 26.1. The third kappa shape index (κ3) is 6.26. The summed E-state index contributed by atoms with van der Waals surface area (Å²) in [5.74, 6) is -0.117. The molecule has 1 aliphatic heterocycles. The Morgan fingerprint density at radius 3 is 2.68 bits per heavy atom. The van der Waals surface area contributed by atoms with Crippen molar-refractivity contribution in [1.82, 2.24) is 0 Å². The summed E-state index contributed by atoms with van der Waals surface area (Å²) in [6.07, 6.45) is 1.69. The molecule has 0 unspecified atom stereocenters. The number of carbonyl (C=O) groups excluding carboxylic acids is 2. The molecule has 0 saturated carbocycles. The van der Waals surface area contributed by atoms with Crippen LogP contribution in [-0.4, -0.2) is 34.8 Å². The zero-order chi connectivity index (χ0) is 26.5. The summed E-state index contributed by atoms with van der Waals surface area (Å²) in [4.78, 5) is 37.5. The molecule has 0 aliphatic carbocycles. The summed E-state index contributed by atoms with van der Waals surface area (Å²) in [5, 5.41) is 13.9. The molecular weight excluding hydrogens is 538 g/mol. The normalized spacial score (nSPS) is 14.1. The Morgan fingerprint density at radius 1 is 1.16 bits per heavy atom. The lowest BCUT2D eigenvalue weighted by molar-refractivity contribution is -0.384. The molecule has 12 heteroatoms. The number of carbonyl (C=O) groups is 2. The van der Waals surface area contributed by atoms with Crippen LogP contribution in [0.2, 0.25) is 5.02 Å². The van der Waals surface area contributed by atoms with E-state index in [-0.39, 0.29) is 23.9 Å². The number of nitro groups is 1. The van der Waals surface area contributed by atoms with Gasteiger partial charge in [-0.3, -0.25) is 24.6 Å². The van der Waals surface area contributed by atoms with E-state index in [0.29, 0.717) is 37.0 Å². The van der Waals surface area contributed by atoms with Gasteiger partial charge in [0.25, 0.3) is 17.5 Å². The maximum Gasteiger partial charge on any atom is 0.271 e. The number of amides is 2. The minimum Gasteiger partial charge on any atom is -0.493 e. The van der Waals surface area contributed by atoms with Crippen LogP contribution in [0, 0.1) is 10.1 Å². The predicted octanol–water partition coefficient (Wildman–Crippen LogP) is 5.68. The molecule has 3 aromatic carbocycles. The summed E-state index contributed by atoms with van der Waals surface area (Å²) in [5.41, 5.74) is 1.39. The van der Waals surface area contributed by atoms with Gasteiger partial charge in [0.1, 0.15) is 0 Å². The van der Waals surface area contributed by atoms with Crippen molar-refractivity contribution >= 4 is 74.9 Å². The average Bonchev–Trinajstić information content (AvgIpc) is 3.15. The number of nitrogens with zero attached hydrogens (tertiary/aromatic N) is 2. The Hall–Kier alpha value is -3.93. The van der Waals surface area contributed by atoms with E-state index >= 15 is 0 Å². The van der Waals surface area contributed by atoms with Crippen molar-refractivity contribution in [3.63, 3.8) is 0 Å². The first-order valence-electron chi connectivity index (χ1n) is 10.6. The third-order valence-electron chi connectivity index (χ3n) is 5.05. The number of nitro benzene ring substituents is 1. The van der Waals surface area contributed by atoms with Crippen molar-refractivity contribution in [3.05, 3.63) is 92.3 Å². The van der Waals surface area contributed by atoms with Gasteiger partial charge >= 0.3 is 0 Å². The van der Waals surface area contributed by atoms with Crippen LogP contribution < -0.4 is 19.7 Å². The molecule has 1 saturated heterocycles. The van der Waals surface area contributed by atoms with Gasteiger partial charge in [0.15, 0.2) is 22.4 Å². The van der Waals surface area contributed by atoms with E-state index in [4.69, 9.17) is 33.3 Å². The first-order chi connectivity index (χ1) is 17.7. The Bertz CT molecular complexity index is 1450. The maximum absolute atomic E-state index is 13.0. The minimum atomic E-state index is -0.548. The lowest BCUT2D eigenvalue weighted by Crippen LogP contribution is -2.27. The van der Waals surface area contributed by atoms with E-state index in [0.717, 1.165) is 0 Å². The Labute approximate surface area is 226 Å². The second-order valence-corrected chi connectivity index (χ2v) is 9.66. The fourth-order valence-electron chi connectivity index (χ4n) is 3.39. The molecule has 37 heavy (non-hydrogen) atoms. The summed E-state index contributed by atoms with van der Waals surface area (Å²) < 4.78 is 11.4. The van der Waals surface area contributed by atoms with E-state index in [1.807, 2.05) is 0 Å². The highest BCUT2D eigenvalue weighted by molar-refractivity contribution is 8.27. The number of hydrogen-bond acceptors (Lipinski definition) is 8. The van der Waals surface area contributed by atoms with Crippen molar-refractivity contribution < 1.29 is 24.0 Å². The van der Waals surface area contributed by atoms with E-state index in [1.54, 1.807) is 48.5 Å². The standard InChI is InChI=1S/C25H18ClN3O6S2/c1-34-21-10-15(11-22-24(31)28(25(36)37-22)18-6-2-4-16(26)12-18)8-9-20(21)35-14-23(30)27-17-5-3-7-19(13-17)29(32)33/h2-13H,14H2,1H3,(H,27,30)/b22-11+. The summed E-state index contributed by atoms with van der Waals surface area (Å²) in [6, 6.07) is 17.5. The lowest BCUT2D eigenvalue weighted by Gasteiger charge is -2.14. The average molecular weight is 556 g/mol. The number of halogens is 1. The van der Waals surface area contributed by atoms with Crippen LogP contribution in [0.3, 0.4) is 0 Å². The fourth-order valence-corrected chi connectivity index (χ4v) is 4.87. The molecule has 0 aromatic heterocycles. The van der Waals surface area contributed by atoms with E-state index in [9.17, 15) is 19.7 Å². The van der Waals surface area contributed by atoms with E-state index in [1.165, 1.54) is 48.0 Å². The van der Waals surface area contributed by atoms with Crippen molar-refractivity contribution in [1.29, 1.82) is 0 Å². The monoisotopic (exact) mass is 555 g/mol. The quantitative estimate of drug-likeness (QED) is 0.163. The van der Waals surface area contributed by atoms with Crippen LogP contribution in [0.25, 0.3) is 6.08 Å². The molecule has 0 bridgehead atoms. The predicted molar refractivity (Wildman–Crippen MR) is 147 cm³/mol. The Morgan fingerprint density at radius 2 is 1.95 bits per heavy atom.